The third-order valence-corrected chi connectivity index (χ3v) is 6.08. The van der Waals surface area contributed by atoms with Crippen molar-refractivity contribution in [3.05, 3.63) is 46.7 Å². The molecule has 0 saturated carbocycles. The highest BCUT2D eigenvalue weighted by Gasteiger charge is 2.34. The summed E-state index contributed by atoms with van der Waals surface area (Å²) in [4.78, 5) is 29.9. The average Bonchev–Trinajstić information content (AvgIpc) is 3.28. The lowest BCUT2D eigenvalue weighted by atomic mass is 10.1. The van der Waals surface area contributed by atoms with Crippen molar-refractivity contribution in [2.75, 3.05) is 39.3 Å². The molecule has 0 spiro atoms. The highest BCUT2D eigenvalue weighted by Crippen LogP contribution is 2.33. The van der Waals surface area contributed by atoms with Crippen molar-refractivity contribution in [2.24, 2.45) is 0 Å². The molecule has 0 aliphatic carbocycles. The molecule has 2 atom stereocenters. The molecule has 1 N–H and O–H groups in total. The SMILES string of the molecule is CC1Oc2ccccc2OC1C(=O)NCCN1CCN(C(=O)c2cccs2)CC1. The van der Waals surface area contributed by atoms with Gasteiger partial charge in [-0.2, -0.15) is 0 Å². The summed E-state index contributed by atoms with van der Waals surface area (Å²) in [7, 11) is 0. The predicted octanol–water partition coefficient (Wildman–Crippen LogP) is 1.85. The number of rotatable bonds is 5. The first-order valence-corrected chi connectivity index (χ1v) is 10.7. The maximum Gasteiger partial charge on any atom is 0.265 e. The van der Waals surface area contributed by atoms with Crippen molar-refractivity contribution in [1.82, 2.24) is 15.1 Å². The quantitative estimate of drug-likeness (QED) is 0.807. The van der Waals surface area contributed by atoms with Crippen LogP contribution in [0.1, 0.15) is 16.6 Å². The average molecular weight is 416 g/mol. The van der Waals surface area contributed by atoms with Crippen LogP contribution in [0.25, 0.3) is 0 Å². The van der Waals surface area contributed by atoms with Crippen molar-refractivity contribution >= 4 is 23.2 Å². The van der Waals surface area contributed by atoms with E-state index in [4.69, 9.17) is 9.47 Å². The normalized spacial score (nSPS) is 21.6. The molecule has 1 saturated heterocycles. The van der Waals surface area contributed by atoms with E-state index in [-0.39, 0.29) is 17.9 Å². The summed E-state index contributed by atoms with van der Waals surface area (Å²) in [6.07, 6.45) is -1.01. The van der Waals surface area contributed by atoms with Gasteiger partial charge in [-0.25, -0.2) is 0 Å². The number of piperazine rings is 1. The highest BCUT2D eigenvalue weighted by molar-refractivity contribution is 7.12. The van der Waals surface area contributed by atoms with Crippen LogP contribution in [-0.4, -0.2) is 73.1 Å². The van der Waals surface area contributed by atoms with E-state index in [1.54, 1.807) is 6.07 Å². The van der Waals surface area contributed by atoms with Crippen LogP contribution in [0, 0.1) is 0 Å². The van der Waals surface area contributed by atoms with Crippen LogP contribution in [-0.2, 0) is 4.79 Å². The molecule has 7 nitrogen and oxygen atoms in total. The summed E-state index contributed by atoms with van der Waals surface area (Å²) in [5.41, 5.74) is 0. The molecule has 1 aromatic heterocycles. The number of nitrogens with zero attached hydrogens (tertiary/aromatic N) is 2. The Balaban J connectivity index is 1.20. The van der Waals surface area contributed by atoms with E-state index < -0.39 is 6.10 Å². The first-order valence-electron chi connectivity index (χ1n) is 9.87. The number of nitrogens with one attached hydrogen (secondary N) is 1. The lowest BCUT2D eigenvalue weighted by molar-refractivity contribution is -0.133. The molecule has 1 fully saturated rings. The third-order valence-electron chi connectivity index (χ3n) is 5.22. The molecule has 2 aromatic rings. The predicted molar refractivity (Wildman–Crippen MR) is 111 cm³/mol. The van der Waals surface area contributed by atoms with Crippen LogP contribution in [0.4, 0.5) is 0 Å². The van der Waals surface area contributed by atoms with Crippen LogP contribution < -0.4 is 14.8 Å². The first kappa shape index (κ1) is 19.7. The number of hydrogen-bond acceptors (Lipinski definition) is 6. The Morgan fingerprint density at radius 1 is 1.07 bits per heavy atom. The molecule has 29 heavy (non-hydrogen) atoms. The zero-order chi connectivity index (χ0) is 20.2. The van der Waals surface area contributed by atoms with Crippen LogP contribution in [0.2, 0.25) is 0 Å². The van der Waals surface area contributed by atoms with Crippen molar-refractivity contribution in [3.63, 3.8) is 0 Å². The number of para-hydroxylation sites is 2. The van der Waals surface area contributed by atoms with Gasteiger partial charge in [-0.15, -0.1) is 11.3 Å². The fraction of sp³-hybridized carbons (Fsp3) is 0.429. The number of ether oxygens (including phenoxy) is 2. The van der Waals surface area contributed by atoms with Gasteiger partial charge in [-0.3, -0.25) is 14.5 Å². The summed E-state index contributed by atoms with van der Waals surface area (Å²) >= 11 is 1.48. The van der Waals surface area contributed by atoms with E-state index in [0.717, 1.165) is 24.5 Å². The highest BCUT2D eigenvalue weighted by atomic mass is 32.1. The molecule has 8 heteroatoms. The Bertz CT molecular complexity index is 849. The largest absolute Gasteiger partial charge is 0.482 e. The topological polar surface area (TPSA) is 71.1 Å². The van der Waals surface area contributed by atoms with Gasteiger partial charge in [-0.05, 0) is 30.5 Å². The number of carbonyl (C=O) groups is 2. The van der Waals surface area contributed by atoms with E-state index in [0.29, 0.717) is 31.1 Å². The van der Waals surface area contributed by atoms with Crippen LogP contribution >= 0.6 is 11.3 Å². The summed E-state index contributed by atoms with van der Waals surface area (Å²) in [5, 5.41) is 4.88. The molecule has 2 aliphatic rings. The fourth-order valence-electron chi connectivity index (χ4n) is 3.57. The maximum absolute atomic E-state index is 12.5. The van der Waals surface area contributed by atoms with Gasteiger partial charge >= 0.3 is 0 Å². The molecule has 3 heterocycles. The molecule has 0 radical (unpaired) electrons. The molecule has 2 amide bonds. The second-order valence-corrected chi connectivity index (χ2v) is 8.16. The van der Waals surface area contributed by atoms with Gasteiger partial charge in [0.2, 0.25) is 6.10 Å². The van der Waals surface area contributed by atoms with Gasteiger partial charge in [0, 0.05) is 39.3 Å². The van der Waals surface area contributed by atoms with E-state index in [1.165, 1.54) is 11.3 Å². The molecular weight excluding hydrogens is 390 g/mol. The lowest BCUT2D eigenvalue weighted by Gasteiger charge is -2.35. The van der Waals surface area contributed by atoms with E-state index in [9.17, 15) is 9.59 Å². The van der Waals surface area contributed by atoms with E-state index >= 15 is 0 Å². The first-order chi connectivity index (χ1) is 14.1. The van der Waals surface area contributed by atoms with Gasteiger partial charge in [-0.1, -0.05) is 18.2 Å². The van der Waals surface area contributed by atoms with Gasteiger partial charge in [0.05, 0.1) is 4.88 Å². The van der Waals surface area contributed by atoms with Gasteiger partial charge in [0.15, 0.2) is 11.5 Å². The number of benzene rings is 1. The number of thiophene rings is 1. The second kappa shape index (κ2) is 8.84. The second-order valence-electron chi connectivity index (χ2n) is 7.21. The molecule has 2 unspecified atom stereocenters. The minimum atomic E-state index is -0.662. The molecule has 2 aliphatic heterocycles. The molecule has 154 valence electrons. The smallest absolute Gasteiger partial charge is 0.265 e. The Morgan fingerprint density at radius 2 is 1.79 bits per heavy atom. The summed E-state index contributed by atoms with van der Waals surface area (Å²) in [6.45, 7) is 6.14. The minimum Gasteiger partial charge on any atom is -0.482 e. The number of hydrogen-bond donors (Lipinski definition) is 1. The van der Waals surface area contributed by atoms with Crippen LogP contribution in [0.3, 0.4) is 0 Å². The van der Waals surface area contributed by atoms with Crippen molar-refractivity contribution in [2.45, 2.75) is 19.1 Å². The van der Waals surface area contributed by atoms with Gasteiger partial charge in [0.1, 0.15) is 6.10 Å². The van der Waals surface area contributed by atoms with E-state index in [1.807, 2.05) is 47.5 Å². The van der Waals surface area contributed by atoms with Gasteiger partial charge < -0.3 is 19.7 Å². The number of amides is 2. The lowest BCUT2D eigenvalue weighted by Crippen LogP contribution is -2.52. The van der Waals surface area contributed by atoms with Crippen LogP contribution in [0.15, 0.2) is 41.8 Å². The standard InChI is InChI=1S/C21H25N3O4S/c1-15-19(28-17-6-3-2-5-16(17)27-15)20(25)22-8-9-23-10-12-24(13-11-23)21(26)18-7-4-14-29-18/h2-7,14-15,19H,8-13H2,1H3,(H,22,25). The summed E-state index contributed by atoms with van der Waals surface area (Å²) in [6, 6.07) is 11.1. The summed E-state index contributed by atoms with van der Waals surface area (Å²) in [5.74, 6) is 1.20. The third kappa shape index (κ3) is 4.54. The van der Waals surface area contributed by atoms with Crippen LogP contribution in [0.5, 0.6) is 11.5 Å². The summed E-state index contributed by atoms with van der Waals surface area (Å²) < 4.78 is 11.6. The molecule has 4 rings (SSSR count). The van der Waals surface area contributed by atoms with Crippen molar-refractivity contribution in [3.8, 4) is 11.5 Å². The molecule has 1 aromatic carbocycles. The molecule has 0 bridgehead atoms. The number of fused-ring (bicyclic) bond motifs is 1. The van der Waals surface area contributed by atoms with E-state index in [2.05, 4.69) is 10.2 Å². The van der Waals surface area contributed by atoms with Crippen molar-refractivity contribution < 1.29 is 19.1 Å². The Hall–Kier alpha value is -2.58. The number of carbonyl (C=O) groups excluding carboxylic acids is 2. The molecular formula is C21H25N3O4S. The Labute approximate surface area is 174 Å². The Morgan fingerprint density at radius 3 is 2.48 bits per heavy atom. The Kier molecular flexibility index (Phi) is 6.01. The zero-order valence-corrected chi connectivity index (χ0v) is 17.2. The monoisotopic (exact) mass is 415 g/mol. The minimum absolute atomic E-state index is 0.108. The van der Waals surface area contributed by atoms with Crippen molar-refractivity contribution in [1.29, 1.82) is 0 Å². The fourth-order valence-corrected chi connectivity index (χ4v) is 4.27. The maximum atomic E-state index is 12.5. The van der Waals surface area contributed by atoms with Gasteiger partial charge in [0.25, 0.3) is 11.8 Å². The zero-order valence-electron chi connectivity index (χ0n) is 16.4.